The van der Waals surface area contributed by atoms with E-state index in [1.54, 1.807) is 38.5 Å². The smallest absolute Gasteiger partial charge is 0.233 e. The Morgan fingerprint density at radius 1 is 0.324 bits per heavy atom. The zero-order valence-electron chi connectivity index (χ0n) is 62.5. The van der Waals surface area contributed by atoms with Crippen molar-refractivity contribution in [1.29, 1.82) is 0 Å². The number of rotatable bonds is 30. The van der Waals surface area contributed by atoms with Crippen LogP contribution in [-0.4, -0.2) is 59.4 Å². The van der Waals surface area contributed by atoms with Gasteiger partial charge in [-0.3, -0.25) is 4.79 Å². The first kappa shape index (κ1) is 83.6. The summed E-state index contributed by atoms with van der Waals surface area (Å²) in [7, 11) is 3.35. The van der Waals surface area contributed by atoms with E-state index in [9.17, 15) is 13.6 Å². The van der Waals surface area contributed by atoms with E-state index >= 15 is 0 Å². The molecule has 9 nitrogen and oxygen atoms in total. The fourth-order valence-corrected chi connectivity index (χ4v) is 13.7. The lowest BCUT2D eigenvalue weighted by Gasteiger charge is -2.20. The SMILES string of the molecule is COc1cccc([C@@H](CCN)c2cccc(Cl)c2)c1.COc1cccc([C@H](CCN)c2cccc(Cl)c2)c1.C[C@@H](NCCC(c1ccccc1)c1ccccc1)c1ccccc1.C[C@H](NCCC(c1ccccc1)c1ccccc1)c1ccccc1.NCC(=O)NCCC(c1cccc(F)c1)c1cccc(F)c1. The molecule has 12 rings (SSSR count). The van der Waals surface area contributed by atoms with Gasteiger partial charge >= 0.3 is 0 Å². The number of hydrogen-bond acceptors (Lipinski definition) is 8. The standard InChI is InChI=1S/2C23H25N.C17H18F2N2O.2C16H18ClNO/c2*1-19(20-11-5-2-6-12-20)24-18-17-23(21-13-7-3-8-14-21)22-15-9-4-10-16-22;18-14-5-1-3-12(9-14)16(7-8-21-17(22)11-20)13-4-2-6-15(19)10-13;2*1-19-15-7-3-5-13(11-15)16(8-9-18)12-4-2-6-14(17)10-12/h2*2-16,19,23-24H,17-18H2,1H3;1-6,9-10,16H,7-8,11,20H2,(H,21,22);2*2-7,10-11,16H,8-9,18H2,1H3/t2*19-;;2*16-/m10.10/s1. The Morgan fingerprint density at radius 3 is 0.880 bits per heavy atom. The maximum absolute atomic E-state index is 13.5. The fraction of sp³-hybridized carbons (Fsp3) is 0.232. The molecule has 0 heterocycles. The number of halogens is 4. The van der Waals surface area contributed by atoms with Crippen molar-refractivity contribution >= 4 is 29.1 Å². The number of carbonyl (C=O) groups excluding carboxylic acids is 1. The van der Waals surface area contributed by atoms with Crippen molar-refractivity contribution in [2.75, 3.05) is 53.5 Å². The number of nitrogens with one attached hydrogen (secondary N) is 3. The second kappa shape index (κ2) is 46.9. The molecule has 0 aromatic heterocycles. The molecule has 560 valence electrons. The van der Waals surface area contributed by atoms with Crippen LogP contribution in [0.15, 0.2) is 328 Å². The molecule has 12 aromatic rings. The van der Waals surface area contributed by atoms with E-state index in [1.807, 2.05) is 60.7 Å². The average molecular weight is 1490 g/mol. The van der Waals surface area contributed by atoms with Crippen molar-refractivity contribution in [3.8, 4) is 11.5 Å². The monoisotopic (exact) mass is 1480 g/mol. The highest BCUT2D eigenvalue weighted by atomic mass is 35.5. The van der Waals surface area contributed by atoms with Crippen LogP contribution in [0.25, 0.3) is 0 Å². The highest BCUT2D eigenvalue weighted by molar-refractivity contribution is 6.31. The van der Waals surface area contributed by atoms with Gasteiger partial charge < -0.3 is 42.6 Å². The molecule has 12 aromatic carbocycles. The number of ether oxygens (including phenoxy) is 2. The third-order valence-electron chi connectivity index (χ3n) is 19.0. The van der Waals surface area contributed by atoms with Gasteiger partial charge in [0.1, 0.15) is 23.1 Å². The number of carbonyl (C=O) groups is 1. The molecule has 13 heteroatoms. The summed E-state index contributed by atoms with van der Waals surface area (Å²) in [4.78, 5) is 11.2. The first-order chi connectivity index (χ1) is 52.8. The normalized spacial score (nSPS) is 11.9. The maximum Gasteiger partial charge on any atom is 0.233 e. The Kier molecular flexibility index (Phi) is 36.3. The van der Waals surface area contributed by atoms with Crippen LogP contribution < -0.4 is 42.6 Å². The summed E-state index contributed by atoms with van der Waals surface area (Å²) in [5, 5.41) is 11.5. The van der Waals surface area contributed by atoms with Gasteiger partial charge in [-0.15, -0.1) is 0 Å². The summed E-state index contributed by atoms with van der Waals surface area (Å²) in [6.07, 6.45) is 4.47. The number of amides is 1. The highest BCUT2D eigenvalue weighted by Crippen LogP contribution is 2.35. The molecule has 0 aliphatic carbocycles. The molecule has 0 bridgehead atoms. The summed E-state index contributed by atoms with van der Waals surface area (Å²) in [5.41, 5.74) is 31.2. The van der Waals surface area contributed by atoms with Crippen LogP contribution in [0.4, 0.5) is 8.78 Å². The molecule has 0 spiro atoms. The van der Waals surface area contributed by atoms with Crippen LogP contribution in [0.3, 0.4) is 0 Å². The van der Waals surface area contributed by atoms with Gasteiger partial charge in [0.2, 0.25) is 5.91 Å². The van der Waals surface area contributed by atoms with Crippen molar-refractivity contribution in [2.24, 2.45) is 17.2 Å². The number of methoxy groups -OCH3 is 2. The van der Waals surface area contributed by atoms with Gasteiger partial charge in [-0.2, -0.15) is 0 Å². The van der Waals surface area contributed by atoms with Crippen molar-refractivity contribution in [3.05, 3.63) is 416 Å². The van der Waals surface area contributed by atoms with Crippen molar-refractivity contribution in [1.82, 2.24) is 16.0 Å². The largest absolute Gasteiger partial charge is 0.497 e. The number of nitrogens with two attached hydrogens (primary N) is 3. The molecule has 0 saturated heterocycles. The minimum Gasteiger partial charge on any atom is -0.497 e. The summed E-state index contributed by atoms with van der Waals surface area (Å²) in [5.74, 6) is 1.95. The third kappa shape index (κ3) is 27.9. The van der Waals surface area contributed by atoms with E-state index in [-0.39, 0.29) is 41.8 Å². The Morgan fingerprint density at radius 2 is 0.583 bits per heavy atom. The van der Waals surface area contributed by atoms with Gasteiger partial charge in [-0.1, -0.05) is 278 Å². The molecular formula is C95H104Cl2F2N6O3. The van der Waals surface area contributed by atoms with E-state index in [4.69, 9.17) is 49.9 Å². The van der Waals surface area contributed by atoms with E-state index in [0.717, 1.165) is 71.4 Å². The predicted octanol–water partition coefficient (Wildman–Crippen LogP) is 21.3. The van der Waals surface area contributed by atoms with Crippen molar-refractivity contribution in [3.63, 3.8) is 0 Å². The van der Waals surface area contributed by atoms with Crippen LogP contribution >= 0.6 is 23.2 Å². The second-order valence-corrected chi connectivity index (χ2v) is 27.3. The lowest BCUT2D eigenvalue weighted by Crippen LogP contribution is -2.31. The lowest BCUT2D eigenvalue weighted by atomic mass is 9.88. The van der Waals surface area contributed by atoms with Gasteiger partial charge in [-0.05, 0) is 212 Å². The van der Waals surface area contributed by atoms with Crippen LogP contribution in [0, 0.1) is 11.6 Å². The molecular weight excluding hydrogens is 1380 g/mol. The molecule has 0 aliphatic rings. The van der Waals surface area contributed by atoms with Gasteiger partial charge in [-0.25, -0.2) is 8.78 Å². The van der Waals surface area contributed by atoms with Gasteiger partial charge in [0.05, 0.1) is 20.8 Å². The Bertz CT molecular complexity index is 4120. The predicted molar refractivity (Wildman–Crippen MR) is 446 cm³/mol. The van der Waals surface area contributed by atoms with Crippen molar-refractivity contribution < 1.29 is 23.0 Å². The molecule has 0 radical (unpaired) electrons. The Hall–Kier alpha value is -10.1. The van der Waals surface area contributed by atoms with Crippen molar-refractivity contribution in [2.45, 2.75) is 87.6 Å². The zero-order valence-corrected chi connectivity index (χ0v) is 64.0. The molecule has 0 aliphatic heterocycles. The summed E-state index contributed by atoms with van der Waals surface area (Å²) in [6, 6.07) is 110. The van der Waals surface area contributed by atoms with E-state index in [2.05, 4.69) is 248 Å². The maximum atomic E-state index is 13.5. The molecule has 0 fully saturated rings. The topological polar surface area (TPSA) is 150 Å². The summed E-state index contributed by atoms with van der Waals surface area (Å²) in [6.45, 7) is 8.01. The molecule has 4 atom stereocenters. The minimum absolute atomic E-state index is 0.0788. The highest BCUT2D eigenvalue weighted by Gasteiger charge is 2.20. The summed E-state index contributed by atoms with van der Waals surface area (Å²) >= 11 is 12.2. The van der Waals surface area contributed by atoms with E-state index < -0.39 is 0 Å². The van der Waals surface area contributed by atoms with Crippen LogP contribution in [0.5, 0.6) is 11.5 Å². The van der Waals surface area contributed by atoms with Gasteiger partial charge in [0, 0.05) is 58.3 Å². The fourth-order valence-electron chi connectivity index (χ4n) is 13.3. The minimum atomic E-state index is -0.343. The number of benzene rings is 12. The van der Waals surface area contributed by atoms with E-state index in [1.165, 1.54) is 79.9 Å². The van der Waals surface area contributed by atoms with Gasteiger partial charge in [0.25, 0.3) is 0 Å². The van der Waals surface area contributed by atoms with E-state index in [0.29, 0.717) is 50.0 Å². The lowest BCUT2D eigenvalue weighted by molar-refractivity contribution is -0.119. The van der Waals surface area contributed by atoms with Crippen LogP contribution in [0.1, 0.15) is 154 Å². The number of hydrogen-bond donors (Lipinski definition) is 6. The Labute approximate surface area is 649 Å². The first-order valence-electron chi connectivity index (χ1n) is 37.2. The zero-order chi connectivity index (χ0) is 76.5. The molecule has 108 heavy (non-hydrogen) atoms. The molecule has 0 unspecified atom stereocenters. The average Bonchev–Trinajstić information content (AvgIpc) is 0.868. The molecule has 1 amide bonds. The molecule has 9 N–H and O–H groups in total. The Balaban J connectivity index is 0.000000171. The van der Waals surface area contributed by atoms with Gasteiger partial charge in [0.15, 0.2) is 0 Å². The second-order valence-electron chi connectivity index (χ2n) is 26.4. The first-order valence-corrected chi connectivity index (χ1v) is 38.0. The summed E-state index contributed by atoms with van der Waals surface area (Å²) < 4.78 is 37.5. The van der Waals surface area contributed by atoms with Crippen LogP contribution in [-0.2, 0) is 4.79 Å². The third-order valence-corrected chi connectivity index (χ3v) is 19.5. The quantitative estimate of drug-likeness (QED) is 0.0261. The molecule has 0 saturated carbocycles. The van der Waals surface area contributed by atoms with Crippen LogP contribution in [0.2, 0.25) is 10.0 Å².